The van der Waals surface area contributed by atoms with Crippen molar-refractivity contribution in [1.82, 2.24) is 9.55 Å². The molecule has 0 bridgehead atoms. The number of hydrogen-bond donors (Lipinski definition) is 0. The van der Waals surface area contributed by atoms with Gasteiger partial charge in [-0.15, -0.1) is 0 Å². The number of carbonyl (C=O) groups excluding carboxylic acids is 1. The molecular formula is C17H20N4O3. The molecule has 0 N–H and O–H groups in total. The molecule has 1 aromatic heterocycles. The van der Waals surface area contributed by atoms with E-state index in [0.29, 0.717) is 11.6 Å². The lowest BCUT2D eigenvalue weighted by molar-refractivity contribution is -0.384. The van der Waals surface area contributed by atoms with Gasteiger partial charge in [-0.1, -0.05) is 6.92 Å². The lowest BCUT2D eigenvalue weighted by Gasteiger charge is -2.32. The summed E-state index contributed by atoms with van der Waals surface area (Å²) in [5, 5.41) is 11.5. The summed E-state index contributed by atoms with van der Waals surface area (Å²) in [6.45, 7) is 3.75. The number of piperidine rings is 1. The van der Waals surface area contributed by atoms with Gasteiger partial charge in [0.1, 0.15) is 5.69 Å². The molecule has 2 aromatic rings. The highest BCUT2D eigenvalue weighted by molar-refractivity contribution is 6.07. The van der Waals surface area contributed by atoms with Crippen LogP contribution in [0.5, 0.6) is 0 Å². The molecule has 1 atom stereocenters. The second kappa shape index (κ2) is 6.43. The Morgan fingerprint density at radius 3 is 2.83 bits per heavy atom. The molecule has 3 rings (SSSR count). The second-order valence-electron chi connectivity index (χ2n) is 6.34. The number of benzene rings is 1. The third-order valence-corrected chi connectivity index (χ3v) is 4.46. The number of aryl methyl sites for hydroxylation is 1. The van der Waals surface area contributed by atoms with E-state index in [4.69, 9.17) is 0 Å². The first-order chi connectivity index (χ1) is 11.5. The minimum absolute atomic E-state index is 0.0239. The number of carbonyl (C=O) groups is 1. The van der Waals surface area contributed by atoms with Crippen molar-refractivity contribution >= 4 is 17.2 Å². The maximum atomic E-state index is 12.5. The quantitative estimate of drug-likeness (QED) is 0.490. The van der Waals surface area contributed by atoms with Gasteiger partial charge in [-0.2, -0.15) is 0 Å². The largest absolute Gasteiger partial charge is 0.366 e. The number of anilines is 1. The Labute approximate surface area is 140 Å². The molecule has 0 aliphatic carbocycles. The van der Waals surface area contributed by atoms with E-state index in [-0.39, 0.29) is 22.9 Å². The lowest BCUT2D eigenvalue weighted by Crippen LogP contribution is -2.34. The number of rotatable bonds is 4. The third kappa shape index (κ3) is 3.02. The van der Waals surface area contributed by atoms with Crippen LogP contribution in [0.3, 0.4) is 0 Å². The predicted octanol–water partition coefficient (Wildman–Crippen LogP) is 2.80. The number of nitrogens with zero attached hydrogens (tertiary/aromatic N) is 4. The summed E-state index contributed by atoms with van der Waals surface area (Å²) in [6.07, 6.45) is 5.36. The second-order valence-corrected chi connectivity index (χ2v) is 6.34. The summed E-state index contributed by atoms with van der Waals surface area (Å²) in [5.74, 6) is 0.458. The molecule has 7 nitrogen and oxygen atoms in total. The van der Waals surface area contributed by atoms with Crippen LogP contribution in [0.1, 0.15) is 35.9 Å². The minimum Gasteiger partial charge on any atom is -0.366 e. The zero-order valence-electron chi connectivity index (χ0n) is 13.8. The highest BCUT2D eigenvalue weighted by atomic mass is 16.6. The fourth-order valence-electron chi connectivity index (χ4n) is 3.20. The Morgan fingerprint density at radius 2 is 2.21 bits per heavy atom. The number of hydrogen-bond acceptors (Lipinski definition) is 5. The van der Waals surface area contributed by atoms with Gasteiger partial charge < -0.3 is 9.47 Å². The summed E-state index contributed by atoms with van der Waals surface area (Å²) in [5.41, 5.74) is 0.844. The van der Waals surface area contributed by atoms with Gasteiger partial charge in [0.2, 0.25) is 5.78 Å². The SMILES string of the molecule is CC1CCCN(c2ccc(C(=O)c3nccn3C)cc2[N+](=O)[O-])C1. The van der Waals surface area contributed by atoms with Crippen LogP contribution in [-0.2, 0) is 7.05 Å². The summed E-state index contributed by atoms with van der Waals surface area (Å²) in [6, 6.07) is 4.70. The van der Waals surface area contributed by atoms with Crippen molar-refractivity contribution in [2.24, 2.45) is 13.0 Å². The molecular weight excluding hydrogens is 308 g/mol. The average Bonchev–Trinajstić information content (AvgIpc) is 2.99. The topological polar surface area (TPSA) is 81.3 Å². The maximum absolute atomic E-state index is 12.5. The van der Waals surface area contributed by atoms with Gasteiger partial charge in [-0.05, 0) is 30.9 Å². The molecule has 1 unspecified atom stereocenters. The lowest BCUT2D eigenvalue weighted by atomic mass is 9.99. The van der Waals surface area contributed by atoms with E-state index in [1.54, 1.807) is 29.9 Å². The van der Waals surface area contributed by atoms with Gasteiger partial charge in [-0.25, -0.2) is 4.98 Å². The fraction of sp³-hybridized carbons (Fsp3) is 0.412. The Kier molecular flexibility index (Phi) is 4.33. The van der Waals surface area contributed by atoms with Gasteiger partial charge >= 0.3 is 0 Å². The number of ketones is 1. The maximum Gasteiger partial charge on any atom is 0.293 e. The average molecular weight is 328 g/mol. The van der Waals surface area contributed by atoms with Gasteiger partial charge in [0.25, 0.3) is 5.69 Å². The van der Waals surface area contributed by atoms with Gasteiger partial charge in [0.05, 0.1) is 4.92 Å². The first-order valence-corrected chi connectivity index (χ1v) is 8.02. The third-order valence-electron chi connectivity index (χ3n) is 4.46. The monoisotopic (exact) mass is 328 g/mol. The number of nitro benzene ring substituents is 1. The zero-order valence-corrected chi connectivity index (χ0v) is 13.8. The summed E-state index contributed by atoms with van der Waals surface area (Å²) >= 11 is 0. The molecule has 126 valence electrons. The van der Waals surface area contributed by atoms with Crippen molar-refractivity contribution in [1.29, 1.82) is 0 Å². The van der Waals surface area contributed by atoms with Gasteiger partial charge in [0, 0.05) is 44.2 Å². The van der Waals surface area contributed by atoms with Crippen LogP contribution >= 0.6 is 0 Å². The predicted molar refractivity (Wildman–Crippen MR) is 90.3 cm³/mol. The van der Waals surface area contributed by atoms with E-state index >= 15 is 0 Å². The van der Waals surface area contributed by atoms with Crippen molar-refractivity contribution in [3.8, 4) is 0 Å². The normalized spacial score (nSPS) is 17.8. The molecule has 0 spiro atoms. The fourth-order valence-corrected chi connectivity index (χ4v) is 3.20. The summed E-state index contributed by atoms with van der Waals surface area (Å²) in [4.78, 5) is 29.7. The van der Waals surface area contributed by atoms with E-state index < -0.39 is 4.92 Å². The smallest absolute Gasteiger partial charge is 0.293 e. The molecule has 1 aliphatic heterocycles. The highest BCUT2D eigenvalue weighted by Gasteiger charge is 2.26. The van der Waals surface area contributed by atoms with E-state index in [1.807, 2.05) is 4.90 Å². The molecule has 1 aliphatic rings. The first-order valence-electron chi connectivity index (χ1n) is 8.02. The van der Waals surface area contributed by atoms with Crippen molar-refractivity contribution in [3.63, 3.8) is 0 Å². The van der Waals surface area contributed by atoms with Crippen molar-refractivity contribution in [3.05, 3.63) is 52.1 Å². The van der Waals surface area contributed by atoms with E-state index in [0.717, 1.165) is 25.9 Å². The molecule has 0 saturated carbocycles. The number of nitro groups is 1. The Bertz CT molecular complexity index is 784. The van der Waals surface area contributed by atoms with Crippen molar-refractivity contribution in [2.75, 3.05) is 18.0 Å². The summed E-state index contributed by atoms with van der Waals surface area (Å²) < 4.78 is 1.61. The van der Waals surface area contributed by atoms with Crippen LogP contribution in [0.2, 0.25) is 0 Å². The van der Waals surface area contributed by atoms with Crippen LogP contribution in [0.15, 0.2) is 30.6 Å². The Morgan fingerprint density at radius 1 is 1.42 bits per heavy atom. The molecule has 0 radical (unpaired) electrons. The van der Waals surface area contributed by atoms with Crippen LogP contribution in [0, 0.1) is 16.0 Å². The standard InChI is InChI=1S/C17H20N4O3/c1-12-4-3-8-20(11-12)14-6-5-13(10-15(14)21(23)24)16(22)17-18-7-9-19(17)2/h5-7,9-10,12H,3-4,8,11H2,1-2H3. The number of aromatic nitrogens is 2. The van der Waals surface area contributed by atoms with Crippen molar-refractivity contribution in [2.45, 2.75) is 19.8 Å². The van der Waals surface area contributed by atoms with Crippen LogP contribution in [0.25, 0.3) is 0 Å². The molecule has 1 fully saturated rings. The van der Waals surface area contributed by atoms with Crippen molar-refractivity contribution < 1.29 is 9.72 Å². The molecule has 7 heteroatoms. The van der Waals surface area contributed by atoms with E-state index in [2.05, 4.69) is 11.9 Å². The van der Waals surface area contributed by atoms with Gasteiger partial charge in [0.15, 0.2) is 5.82 Å². The number of imidazole rings is 1. The Hall–Kier alpha value is -2.70. The first kappa shape index (κ1) is 16.2. The van der Waals surface area contributed by atoms with Crippen LogP contribution < -0.4 is 4.90 Å². The minimum atomic E-state index is -0.413. The summed E-state index contributed by atoms with van der Waals surface area (Å²) in [7, 11) is 1.72. The van der Waals surface area contributed by atoms with E-state index in [1.165, 1.54) is 12.3 Å². The van der Waals surface area contributed by atoms with E-state index in [9.17, 15) is 14.9 Å². The highest BCUT2D eigenvalue weighted by Crippen LogP contribution is 2.32. The molecule has 1 saturated heterocycles. The molecule has 24 heavy (non-hydrogen) atoms. The molecule has 1 aromatic carbocycles. The zero-order chi connectivity index (χ0) is 17.3. The molecule has 0 amide bonds. The van der Waals surface area contributed by atoms with Gasteiger partial charge in [-0.3, -0.25) is 14.9 Å². The van der Waals surface area contributed by atoms with Crippen LogP contribution in [-0.4, -0.2) is 33.3 Å². The van der Waals surface area contributed by atoms with Crippen LogP contribution in [0.4, 0.5) is 11.4 Å². The molecule has 2 heterocycles. The Balaban J connectivity index is 1.97.